The zero-order valence-electron chi connectivity index (χ0n) is 16.9. The van der Waals surface area contributed by atoms with Crippen molar-refractivity contribution in [2.45, 2.75) is 51.0 Å². The fourth-order valence-corrected chi connectivity index (χ4v) is 5.42. The van der Waals surface area contributed by atoms with E-state index in [9.17, 15) is 13.2 Å². The highest BCUT2D eigenvalue weighted by Gasteiger charge is 2.33. The van der Waals surface area contributed by atoms with Gasteiger partial charge in [0.25, 0.3) is 0 Å². The minimum atomic E-state index is -3.49. The maximum Gasteiger partial charge on any atom is 0.243 e. The third kappa shape index (κ3) is 5.06. The Balaban J connectivity index is 0.00000280. The monoisotopic (exact) mass is 429 g/mol. The van der Waals surface area contributed by atoms with E-state index >= 15 is 0 Å². The van der Waals surface area contributed by atoms with E-state index in [4.69, 9.17) is 0 Å². The van der Waals surface area contributed by atoms with Crippen molar-refractivity contribution in [2.24, 2.45) is 11.8 Å². The molecule has 28 heavy (non-hydrogen) atoms. The summed E-state index contributed by atoms with van der Waals surface area (Å²) < 4.78 is 27.3. The molecule has 1 aromatic rings. The Labute approximate surface area is 174 Å². The van der Waals surface area contributed by atoms with Gasteiger partial charge in [-0.3, -0.25) is 4.79 Å². The van der Waals surface area contributed by atoms with Gasteiger partial charge in [-0.2, -0.15) is 4.31 Å². The first-order chi connectivity index (χ1) is 12.8. The van der Waals surface area contributed by atoms with E-state index in [0.717, 1.165) is 30.6 Å². The zero-order valence-corrected chi connectivity index (χ0v) is 18.5. The second-order valence-corrected chi connectivity index (χ2v) is 9.95. The van der Waals surface area contributed by atoms with E-state index in [2.05, 4.69) is 17.6 Å². The van der Waals surface area contributed by atoms with E-state index in [1.165, 1.54) is 4.31 Å². The highest BCUT2D eigenvalue weighted by atomic mass is 35.5. The minimum absolute atomic E-state index is 0. The van der Waals surface area contributed by atoms with E-state index in [1.54, 1.807) is 12.1 Å². The topological polar surface area (TPSA) is 78.5 Å². The molecule has 1 aromatic carbocycles. The standard InChI is InChI=1S/C20H31N3O3S.ClH/c1-14-4-5-18(12-16(14)3)27(25,26)23-10-7-17(8-11-23)20(24)22-19-13-21-9-6-15(19)2;/h4-5,12,15,17,19,21H,6-11,13H2,1-3H3,(H,22,24);1H. The minimum Gasteiger partial charge on any atom is -0.352 e. The van der Waals surface area contributed by atoms with Crippen molar-refractivity contribution >= 4 is 28.3 Å². The van der Waals surface area contributed by atoms with E-state index in [-0.39, 0.29) is 30.3 Å². The van der Waals surface area contributed by atoms with Crippen LogP contribution in [0.3, 0.4) is 0 Å². The molecule has 2 fully saturated rings. The van der Waals surface area contributed by atoms with Gasteiger partial charge in [0.05, 0.1) is 4.90 Å². The zero-order chi connectivity index (χ0) is 19.6. The average Bonchev–Trinajstić information content (AvgIpc) is 2.65. The van der Waals surface area contributed by atoms with Gasteiger partial charge in [0.1, 0.15) is 0 Å². The van der Waals surface area contributed by atoms with Crippen LogP contribution in [0.25, 0.3) is 0 Å². The van der Waals surface area contributed by atoms with Gasteiger partial charge < -0.3 is 10.6 Å². The Morgan fingerprint density at radius 2 is 1.82 bits per heavy atom. The van der Waals surface area contributed by atoms with Crippen LogP contribution in [0.5, 0.6) is 0 Å². The fraction of sp³-hybridized carbons (Fsp3) is 0.650. The van der Waals surface area contributed by atoms with Crippen LogP contribution in [-0.2, 0) is 14.8 Å². The van der Waals surface area contributed by atoms with Crippen LogP contribution in [0.15, 0.2) is 23.1 Å². The van der Waals surface area contributed by atoms with Crippen molar-refractivity contribution in [3.05, 3.63) is 29.3 Å². The molecule has 2 aliphatic rings. The molecule has 0 radical (unpaired) electrons. The predicted octanol–water partition coefficient (Wildman–Crippen LogP) is 2.24. The van der Waals surface area contributed by atoms with Crippen molar-refractivity contribution in [1.29, 1.82) is 0 Å². The fourth-order valence-electron chi connectivity index (χ4n) is 3.87. The first kappa shape index (κ1) is 23.1. The Morgan fingerprint density at radius 3 is 2.43 bits per heavy atom. The van der Waals surface area contributed by atoms with E-state index in [1.807, 2.05) is 19.9 Å². The molecule has 0 bridgehead atoms. The quantitative estimate of drug-likeness (QED) is 0.769. The van der Waals surface area contributed by atoms with Gasteiger partial charge in [-0.25, -0.2) is 8.42 Å². The second kappa shape index (κ2) is 9.57. The van der Waals surface area contributed by atoms with Gasteiger partial charge in [-0.15, -0.1) is 12.4 Å². The van der Waals surface area contributed by atoms with Crippen LogP contribution in [0.4, 0.5) is 0 Å². The highest BCUT2D eigenvalue weighted by molar-refractivity contribution is 7.89. The summed E-state index contributed by atoms with van der Waals surface area (Å²) in [4.78, 5) is 13.0. The number of rotatable bonds is 4. The summed E-state index contributed by atoms with van der Waals surface area (Å²) in [5.74, 6) is 0.435. The SMILES string of the molecule is Cc1ccc(S(=O)(=O)N2CCC(C(=O)NC3CNCCC3C)CC2)cc1C.Cl. The number of halogens is 1. The first-order valence-corrected chi connectivity index (χ1v) is 11.3. The number of sulfonamides is 1. The van der Waals surface area contributed by atoms with E-state index in [0.29, 0.717) is 36.7 Å². The molecule has 2 saturated heterocycles. The lowest BCUT2D eigenvalue weighted by Gasteiger charge is -2.34. The molecule has 1 amide bonds. The Hall–Kier alpha value is -1.15. The Kier molecular flexibility index (Phi) is 7.90. The number of aryl methyl sites for hydroxylation is 2. The molecule has 2 unspecified atom stereocenters. The lowest BCUT2D eigenvalue weighted by Crippen LogP contribution is -2.52. The van der Waals surface area contributed by atoms with Crippen LogP contribution >= 0.6 is 12.4 Å². The number of carbonyl (C=O) groups is 1. The lowest BCUT2D eigenvalue weighted by atomic mass is 9.92. The maximum absolute atomic E-state index is 12.9. The number of benzene rings is 1. The van der Waals surface area contributed by atoms with Gasteiger partial charge in [-0.1, -0.05) is 13.0 Å². The first-order valence-electron chi connectivity index (χ1n) is 9.87. The molecular formula is C20H32ClN3O3S. The molecule has 3 rings (SSSR count). The van der Waals surface area contributed by atoms with Crippen LogP contribution in [0.2, 0.25) is 0 Å². The highest BCUT2D eigenvalue weighted by Crippen LogP contribution is 2.25. The molecule has 2 heterocycles. The smallest absolute Gasteiger partial charge is 0.243 e. The number of hydrogen-bond donors (Lipinski definition) is 2. The second-order valence-electron chi connectivity index (χ2n) is 8.01. The molecule has 2 aliphatic heterocycles. The molecule has 0 aliphatic carbocycles. The number of nitrogens with one attached hydrogen (secondary N) is 2. The summed E-state index contributed by atoms with van der Waals surface area (Å²) >= 11 is 0. The summed E-state index contributed by atoms with van der Waals surface area (Å²) in [6, 6.07) is 5.43. The van der Waals surface area contributed by atoms with Gasteiger partial charge in [0, 0.05) is 31.6 Å². The lowest BCUT2D eigenvalue weighted by molar-refractivity contribution is -0.127. The molecule has 158 valence electrons. The molecule has 0 aromatic heterocycles. The number of hydrogen-bond acceptors (Lipinski definition) is 4. The van der Waals surface area contributed by atoms with Crippen molar-refractivity contribution < 1.29 is 13.2 Å². The van der Waals surface area contributed by atoms with Crippen LogP contribution in [0.1, 0.15) is 37.3 Å². The van der Waals surface area contributed by atoms with Gasteiger partial charge in [-0.05, 0) is 68.8 Å². The third-order valence-corrected chi connectivity index (χ3v) is 7.99. The largest absolute Gasteiger partial charge is 0.352 e. The van der Waals surface area contributed by atoms with Crippen molar-refractivity contribution in [3.8, 4) is 0 Å². The number of nitrogens with zero attached hydrogens (tertiary/aromatic N) is 1. The number of amides is 1. The average molecular weight is 430 g/mol. The molecule has 2 atom stereocenters. The van der Waals surface area contributed by atoms with Gasteiger partial charge in [0.15, 0.2) is 0 Å². The molecule has 6 nitrogen and oxygen atoms in total. The van der Waals surface area contributed by atoms with Crippen LogP contribution in [-0.4, -0.2) is 50.9 Å². The molecular weight excluding hydrogens is 398 g/mol. The van der Waals surface area contributed by atoms with Gasteiger partial charge >= 0.3 is 0 Å². The van der Waals surface area contributed by atoms with Crippen molar-refractivity contribution in [1.82, 2.24) is 14.9 Å². The van der Waals surface area contributed by atoms with Crippen molar-refractivity contribution in [3.63, 3.8) is 0 Å². The van der Waals surface area contributed by atoms with Crippen LogP contribution in [0, 0.1) is 25.7 Å². The van der Waals surface area contributed by atoms with Crippen LogP contribution < -0.4 is 10.6 Å². The number of carbonyl (C=O) groups excluding carboxylic acids is 1. The molecule has 0 spiro atoms. The summed E-state index contributed by atoms with van der Waals surface area (Å²) in [6.45, 7) is 8.67. The Morgan fingerprint density at radius 1 is 1.14 bits per heavy atom. The summed E-state index contributed by atoms with van der Waals surface area (Å²) in [5.41, 5.74) is 2.05. The normalized spacial score (nSPS) is 24.4. The van der Waals surface area contributed by atoms with Gasteiger partial charge in [0.2, 0.25) is 15.9 Å². The Bertz CT molecular complexity index is 792. The van der Waals surface area contributed by atoms with Crippen molar-refractivity contribution in [2.75, 3.05) is 26.2 Å². The van der Waals surface area contributed by atoms with E-state index < -0.39 is 10.0 Å². The molecule has 8 heteroatoms. The summed E-state index contributed by atoms with van der Waals surface area (Å²) in [5, 5.41) is 6.49. The molecule has 0 saturated carbocycles. The summed E-state index contributed by atoms with van der Waals surface area (Å²) in [7, 11) is -3.49. The molecule has 2 N–H and O–H groups in total. The summed E-state index contributed by atoms with van der Waals surface area (Å²) in [6.07, 6.45) is 2.21. The number of piperidine rings is 2. The third-order valence-electron chi connectivity index (χ3n) is 6.10. The maximum atomic E-state index is 12.9. The predicted molar refractivity (Wildman–Crippen MR) is 113 cm³/mol.